The van der Waals surface area contributed by atoms with Crippen molar-refractivity contribution >= 4 is 11.8 Å². The van der Waals surface area contributed by atoms with Gasteiger partial charge in [0.05, 0.1) is 5.56 Å². The molecule has 0 aliphatic carbocycles. The van der Waals surface area contributed by atoms with Gasteiger partial charge in [0.15, 0.2) is 0 Å². The number of amides is 2. The Labute approximate surface area is 110 Å². The van der Waals surface area contributed by atoms with E-state index in [1.54, 1.807) is 4.90 Å². The molecule has 0 saturated carbocycles. The van der Waals surface area contributed by atoms with Crippen molar-refractivity contribution in [2.75, 3.05) is 13.1 Å². The van der Waals surface area contributed by atoms with Gasteiger partial charge in [0.2, 0.25) is 11.5 Å². The van der Waals surface area contributed by atoms with Gasteiger partial charge in [-0.1, -0.05) is 0 Å². The number of piperidine rings is 1. The molecule has 0 radical (unpaired) electrons. The average molecular weight is 263 g/mol. The Morgan fingerprint density at radius 3 is 2.84 bits per heavy atom. The molecule has 6 heteroatoms. The third-order valence-electron chi connectivity index (χ3n) is 3.15. The molecule has 1 aromatic heterocycles. The summed E-state index contributed by atoms with van der Waals surface area (Å²) < 4.78 is 0. The summed E-state index contributed by atoms with van der Waals surface area (Å²) in [5, 5.41) is 2.84. The van der Waals surface area contributed by atoms with E-state index in [0.29, 0.717) is 18.7 Å². The Hall–Kier alpha value is -2.11. The van der Waals surface area contributed by atoms with Crippen LogP contribution >= 0.6 is 0 Å². The predicted molar refractivity (Wildman–Crippen MR) is 69.8 cm³/mol. The topological polar surface area (TPSA) is 82.3 Å². The molecular formula is C13H17N3O3. The Morgan fingerprint density at radius 1 is 1.42 bits per heavy atom. The number of nitrogens with one attached hydrogen (secondary N) is 2. The molecule has 1 fully saturated rings. The van der Waals surface area contributed by atoms with Crippen LogP contribution in [0.2, 0.25) is 0 Å². The molecule has 1 atom stereocenters. The number of H-pyrrole nitrogens is 1. The van der Waals surface area contributed by atoms with Gasteiger partial charge in [-0.05, 0) is 18.9 Å². The van der Waals surface area contributed by atoms with Crippen LogP contribution in [0.5, 0.6) is 0 Å². The monoisotopic (exact) mass is 263 g/mol. The standard InChI is InChI=1S/C13H17N3O3/c1-9(17)15-11-3-2-6-16(8-11)13(19)10-4-5-12(18)14-7-10/h4-5,7,11H,2-3,6,8H2,1H3,(H,14,18)(H,15,17). The van der Waals surface area contributed by atoms with E-state index in [2.05, 4.69) is 10.3 Å². The fourth-order valence-corrected chi connectivity index (χ4v) is 2.29. The van der Waals surface area contributed by atoms with Gasteiger partial charge in [-0.2, -0.15) is 0 Å². The molecule has 19 heavy (non-hydrogen) atoms. The average Bonchev–Trinajstić information content (AvgIpc) is 2.38. The van der Waals surface area contributed by atoms with Gasteiger partial charge in [0.25, 0.3) is 5.91 Å². The quantitative estimate of drug-likeness (QED) is 0.795. The van der Waals surface area contributed by atoms with E-state index in [4.69, 9.17) is 0 Å². The van der Waals surface area contributed by atoms with Gasteiger partial charge in [-0.25, -0.2) is 0 Å². The molecule has 1 saturated heterocycles. The summed E-state index contributed by atoms with van der Waals surface area (Å²) >= 11 is 0. The van der Waals surface area contributed by atoms with Crippen LogP contribution in [-0.4, -0.2) is 40.8 Å². The van der Waals surface area contributed by atoms with Gasteiger partial charge < -0.3 is 15.2 Å². The zero-order valence-electron chi connectivity index (χ0n) is 10.8. The predicted octanol–water partition coefficient (Wildman–Crippen LogP) is 0.116. The molecule has 1 aliphatic heterocycles. The lowest BCUT2D eigenvalue weighted by Gasteiger charge is -2.33. The van der Waals surface area contributed by atoms with Gasteiger partial charge >= 0.3 is 0 Å². The third kappa shape index (κ3) is 3.43. The van der Waals surface area contributed by atoms with Crippen LogP contribution in [0, 0.1) is 0 Å². The second kappa shape index (κ2) is 5.69. The van der Waals surface area contributed by atoms with E-state index in [1.807, 2.05) is 0 Å². The van der Waals surface area contributed by atoms with Crippen molar-refractivity contribution in [3.05, 3.63) is 34.2 Å². The number of carbonyl (C=O) groups excluding carboxylic acids is 2. The van der Waals surface area contributed by atoms with Gasteiger partial charge in [0, 0.05) is 38.3 Å². The number of hydrogen-bond donors (Lipinski definition) is 2. The molecule has 2 amide bonds. The molecule has 6 nitrogen and oxygen atoms in total. The SMILES string of the molecule is CC(=O)NC1CCCN(C(=O)c2ccc(=O)[nH]c2)C1. The van der Waals surface area contributed by atoms with E-state index >= 15 is 0 Å². The van der Waals surface area contributed by atoms with Gasteiger partial charge in [-0.3, -0.25) is 14.4 Å². The largest absolute Gasteiger partial charge is 0.352 e. The number of pyridine rings is 1. The van der Waals surface area contributed by atoms with Crippen LogP contribution < -0.4 is 10.9 Å². The van der Waals surface area contributed by atoms with Crippen molar-refractivity contribution in [1.29, 1.82) is 0 Å². The van der Waals surface area contributed by atoms with Crippen LogP contribution in [0.4, 0.5) is 0 Å². The zero-order chi connectivity index (χ0) is 13.8. The summed E-state index contributed by atoms with van der Waals surface area (Å²) in [5.41, 5.74) is 0.231. The zero-order valence-corrected chi connectivity index (χ0v) is 10.8. The number of nitrogens with zero attached hydrogens (tertiary/aromatic N) is 1. The molecule has 1 aliphatic rings. The lowest BCUT2D eigenvalue weighted by Crippen LogP contribution is -2.49. The summed E-state index contributed by atoms with van der Waals surface area (Å²) in [4.78, 5) is 38.4. The minimum atomic E-state index is -0.230. The summed E-state index contributed by atoms with van der Waals surface area (Å²) in [6.45, 7) is 2.66. The Morgan fingerprint density at radius 2 is 2.21 bits per heavy atom. The van der Waals surface area contributed by atoms with Crippen LogP contribution in [0.3, 0.4) is 0 Å². The first-order valence-electron chi connectivity index (χ1n) is 6.31. The van der Waals surface area contributed by atoms with Crippen molar-refractivity contribution in [2.45, 2.75) is 25.8 Å². The fraction of sp³-hybridized carbons (Fsp3) is 0.462. The maximum Gasteiger partial charge on any atom is 0.255 e. The maximum atomic E-state index is 12.2. The molecular weight excluding hydrogens is 246 g/mol. The minimum Gasteiger partial charge on any atom is -0.352 e. The highest BCUT2D eigenvalue weighted by molar-refractivity contribution is 5.94. The highest BCUT2D eigenvalue weighted by Crippen LogP contribution is 2.13. The normalized spacial score (nSPS) is 19.0. The van der Waals surface area contributed by atoms with Crippen molar-refractivity contribution in [1.82, 2.24) is 15.2 Å². The Bertz CT molecular complexity index is 518. The first-order chi connectivity index (χ1) is 9.06. The number of hydrogen-bond acceptors (Lipinski definition) is 3. The number of carbonyl (C=O) groups is 2. The summed E-state index contributed by atoms with van der Waals surface area (Å²) in [6, 6.07) is 2.86. The molecule has 2 rings (SSSR count). The molecule has 2 N–H and O–H groups in total. The number of aromatic amines is 1. The van der Waals surface area contributed by atoms with Crippen LogP contribution in [0.15, 0.2) is 23.1 Å². The van der Waals surface area contributed by atoms with E-state index in [0.717, 1.165) is 12.8 Å². The first kappa shape index (κ1) is 13.3. The lowest BCUT2D eigenvalue weighted by atomic mass is 10.0. The molecule has 2 heterocycles. The van der Waals surface area contributed by atoms with Crippen LogP contribution in [0.1, 0.15) is 30.1 Å². The summed E-state index contributed by atoms with van der Waals surface area (Å²) in [5.74, 6) is -0.199. The lowest BCUT2D eigenvalue weighted by molar-refractivity contribution is -0.120. The number of likely N-dealkylation sites (tertiary alicyclic amines) is 1. The van der Waals surface area contributed by atoms with Gasteiger partial charge in [-0.15, -0.1) is 0 Å². The van der Waals surface area contributed by atoms with E-state index in [9.17, 15) is 14.4 Å². The maximum absolute atomic E-state index is 12.2. The number of rotatable bonds is 2. The van der Waals surface area contributed by atoms with Crippen molar-refractivity contribution < 1.29 is 9.59 Å². The van der Waals surface area contributed by atoms with E-state index < -0.39 is 0 Å². The van der Waals surface area contributed by atoms with Crippen molar-refractivity contribution in [2.24, 2.45) is 0 Å². The molecule has 102 valence electrons. The first-order valence-corrected chi connectivity index (χ1v) is 6.31. The molecule has 0 bridgehead atoms. The second-order valence-electron chi connectivity index (χ2n) is 4.73. The highest BCUT2D eigenvalue weighted by Gasteiger charge is 2.24. The van der Waals surface area contributed by atoms with E-state index in [-0.39, 0.29) is 23.4 Å². The Kier molecular flexibility index (Phi) is 3.99. The molecule has 0 aromatic carbocycles. The minimum absolute atomic E-state index is 0.0120. The molecule has 1 unspecified atom stereocenters. The summed E-state index contributed by atoms with van der Waals surface area (Å²) in [7, 11) is 0. The smallest absolute Gasteiger partial charge is 0.255 e. The van der Waals surface area contributed by atoms with Crippen molar-refractivity contribution in [3.8, 4) is 0 Å². The summed E-state index contributed by atoms with van der Waals surface area (Å²) in [6.07, 6.45) is 3.17. The molecule has 1 aromatic rings. The second-order valence-corrected chi connectivity index (χ2v) is 4.73. The molecule has 0 spiro atoms. The van der Waals surface area contributed by atoms with Crippen molar-refractivity contribution in [3.63, 3.8) is 0 Å². The Balaban J connectivity index is 2.04. The highest BCUT2D eigenvalue weighted by atomic mass is 16.2. The van der Waals surface area contributed by atoms with Gasteiger partial charge in [0.1, 0.15) is 0 Å². The van der Waals surface area contributed by atoms with Crippen LogP contribution in [-0.2, 0) is 4.79 Å². The van der Waals surface area contributed by atoms with E-state index in [1.165, 1.54) is 25.3 Å². The van der Waals surface area contributed by atoms with Crippen LogP contribution in [0.25, 0.3) is 0 Å². The number of aromatic nitrogens is 1. The third-order valence-corrected chi connectivity index (χ3v) is 3.15. The fourth-order valence-electron chi connectivity index (χ4n) is 2.29.